The van der Waals surface area contributed by atoms with Crippen molar-refractivity contribution >= 4 is 11.6 Å². The molecule has 0 aromatic heterocycles. The topological polar surface area (TPSA) is 50.4 Å². The molecule has 2 N–H and O–H groups in total. The Morgan fingerprint density at radius 3 is 2.64 bits per heavy atom. The van der Waals surface area contributed by atoms with Gasteiger partial charge in [0, 0.05) is 6.42 Å². The van der Waals surface area contributed by atoms with E-state index in [1.165, 1.54) is 12.1 Å². The minimum atomic E-state index is -4.41. The van der Waals surface area contributed by atoms with Gasteiger partial charge in [-0.1, -0.05) is 12.1 Å². The molecule has 1 heterocycles. The molecule has 2 rings (SSSR count). The van der Waals surface area contributed by atoms with Crippen molar-refractivity contribution in [1.29, 1.82) is 0 Å². The Morgan fingerprint density at radius 1 is 1.27 bits per heavy atom. The van der Waals surface area contributed by atoms with Crippen molar-refractivity contribution < 1.29 is 22.7 Å². The number of benzene rings is 1. The predicted molar refractivity (Wildman–Crippen MR) is 76.8 cm³/mol. The van der Waals surface area contributed by atoms with Gasteiger partial charge in [-0.3, -0.25) is 4.79 Å². The number of nitrogens with one attached hydrogen (secondary N) is 2. The van der Waals surface area contributed by atoms with Gasteiger partial charge in [0.15, 0.2) is 6.61 Å². The van der Waals surface area contributed by atoms with E-state index in [0.717, 1.165) is 25.9 Å². The van der Waals surface area contributed by atoms with Crippen molar-refractivity contribution in [2.75, 3.05) is 25.0 Å². The Balaban J connectivity index is 1.92. The molecule has 1 aliphatic heterocycles. The zero-order valence-corrected chi connectivity index (χ0v) is 12.1. The van der Waals surface area contributed by atoms with Crippen LogP contribution in [0.1, 0.15) is 19.3 Å². The highest BCUT2D eigenvalue weighted by Gasteiger charge is 2.29. The summed E-state index contributed by atoms with van der Waals surface area (Å²) in [4.78, 5) is 12.0. The Hall–Kier alpha value is -1.76. The number of alkyl halides is 3. The number of halogens is 3. The summed E-state index contributed by atoms with van der Waals surface area (Å²) in [5.41, 5.74) is 0.269. The molecule has 22 heavy (non-hydrogen) atoms. The third kappa shape index (κ3) is 5.55. The van der Waals surface area contributed by atoms with E-state index in [-0.39, 0.29) is 17.3 Å². The summed E-state index contributed by atoms with van der Waals surface area (Å²) in [6.45, 7) is 0.403. The standard InChI is InChI=1S/C15H19F3N2O2/c16-15(17,18)10-22-13-4-2-1-3-12(13)20-14(21)9-11-5-7-19-8-6-11/h1-4,11,19H,5-10H2,(H,20,21). The molecule has 0 radical (unpaired) electrons. The first-order valence-electron chi connectivity index (χ1n) is 7.23. The summed E-state index contributed by atoms with van der Waals surface area (Å²) in [7, 11) is 0. The number of anilines is 1. The molecule has 0 spiro atoms. The van der Waals surface area contributed by atoms with Crippen LogP contribution in [-0.4, -0.2) is 31.8 Å². The van der Waals surface area contributed by atoms with Gasteiger partial charge in [0.05, 0.1) is 5.69 Å². The van der Waals surface area contributed by atoms with Crippen LogP contribution in [-0.2, 0) is 4.79 Å². The molecule has 0 bridgehead atoms. The van der Waals surface area contributed by atoms with Crippen LogP contribution in [0.3, 0.4) is 0 Å². The lowest BCUT2D eigenvalue weighted by Crippen LogP contribution is -2.30. The lowest BCUT2D eigenvalue weighted by atomic mass is 9.94. The molecular formula is C15H19F3N2O2. The lowest BCUT2D eigenvalue weighted by molar-refractivity contribution is -0.153. The van der Waals surface area contributed by atoms with Crippen LogP contribution >= 0.6 is 0 Å². The van der Waals surface area contributed by atoms with Crippen LogP contribution in [0.15, 0.2) is 24.3 Å². The van der Waals surface area contributed by atoms with Crippen LogP contribution in [0.5, 0.6) is 5.75 Å². The van der Waals surface area contributed by atoms with E-state index < -0.39 is 12.8 Å². The largest absolute Gasteiger partial charge is 0.482 e. The maximum absolute atomic E-state index is 12.2. The van der Waals surface area contributed by atoms with Crippen molar-refractivity contribution in [2.45, 2.75) is 25.4 Å². The second-order valence-electron chi connectivity index (χ2n) is 5.35. The van der Waals surface area contributed by atoms with Crippen molar-refractivity contribution in [3.63, 3.8) is 0 Å². The monoisotopic (exact) mass is 316 g/mol. The van der Waals surface area contributed by atoms with Gasteiger partial charge < -0.3 is 15.4 Å². The Kier molecular flexibility index (Phi) is 5.65. The molecule has 1 saturated heterocycles. The molecule has 7 heteroatoms. The van der Waals surface area contributed by atoms with Crippen molar-refractivity contribution in [1.82, 2.24) is 5.32 Å². The summed E-state index contributed by atoms with van der Waals surface area (Å²) in [6, 6.07) is 6.15. The van der Waals surface area contributed by atoms with E-state index in [9.17, 15) is 18.0 Å². The number of piperidine rings is 1. The number of ether oxygens (including phenoxy) is 1. The quantitative estimate of drug-likeness (QED) is 0.878. The zero-order valence-electron chi connectivity index (χ0n) is 12.1. The summed E-state index contributed by atoms with van der Waals surface area (Å²) in [6.07, 6.45) is -2.18. The summed E-state index contributed by atoms with van der Waals surface area (Å²) < 4.78 is 41.4. The minimum absolute atomic E-state index is 0.0264. The van der Waals surface area contributed by atoms with Crippen molar-refractivity contribution in [3.05, 3.63) is 24.3 Å². The van der Waals surface area contributed by atoms with E-state index in [1.54, 1.807) is 12.1 Å². The first-order valence-corrected chi connectivity index (χ1v) is 7.23. The lowest BCUT2D eigenvalue weighted by Gasteiger charge is -2.22. The molecule has 0 saturated carbocycles. The average molecular weight is 316 g/mol. The van der Waals surface area contributed by atoms with E-state index in [4.69, 9.17) is 4.74 Å². The normalized spacial score (nSPS) is 16.3. The van der Waals surface area contributed by atoms with Crippen molar-refractivity contribution in [2.24, 2.45) is 5.92 Å². The van der Waals surface area contributed by atoms with Crippen LogP contribution in [0.2, 0.25) is 0 Å². The molecule has 4 nitrogen and oxygen atoms in total. The van der Waals surface area contributed by atoms with Gasteiger partial charge in [-0.15, -0.1) is 0 Å². The zero-order chi connectivity index (χ0) is 16.0. The molecule has 1 fully saturated rings. The van der Waals surface area contributed by atoms with Gasteiger partial charge in [-0.2, -0.15) is 13.2 Å². The first-order chi connectivity index (χ1) is 10.4. The smallest absolute Gasteiger partial charge is 0.422 e. The molecule has 0 atom stereocenters. The SMILES string of the molecule is O=C(CC1CCNCC1)Nc1ccccc1OCC(F)(F)F. The highest BCUT2D eigenvalue weighted by atomic mass is 19.4. The van der Waals surface area contributed by atoms with E-state index in [2.05, 4.69) is 10.6 Å². The molecular weight excluding hydrogens is 297 g/mol. The number of para-hydroxylation sites is 2. The summed E-state index contributed by atoms with van der Waals surface area (Å²) in [5, 5.41) is 5.86. The third-order valence-electron chi connectivity index (χ3n) is 3.49. The number of carbonyl (C=O) groups excluding carboxylic acids is 1. The number of amides is 1. The molecule has 0 aliphatic carbocycles. The fraction of sp³-hybridized carbons (Fsp3) is 0.533. The predicted octanol–water partition coefficient (Wildman–Crippen LogP) is 2.96. The second kappa shape index (κ2) is 7.49. The Labute approximate surface area is 127 Å². The van der Waals surface area contributed by atoms with Gasteiger partial charge in [0.1, 0.15) is 5.75 Å². The average Bonchev–Trinajstić information content (AvgIpc) is 2.46. The van der Waals surface area contributed by atoms with Crippen LogP contribution < -0.4 is 15.4 Å². The van der Waals surface area contributed by atoms with Gasteiger partial charge in [-0.25, -0.2) is 0 Å². The molecule has 1 aromatic rings. The number of rotatable bonds is 5. The van der Waals surface area contributed by atoms with Gasteiger partial charge in [0.25, 0.3) is 0 Å². The number of carbonyl (C=O) groups is 1. The minimum Gasteiger partial charge on any atom is -0.482 e. The van der Waals surface area contributed by atoms with Crippen LogP contribution in [0.4, 0.5) is 18.9 Å². The summed E-state index contributed by atoms with van der Waals surface area (Å²) >= 11 is 0. The fourth-order valence-corrected chi connectivity index (χ4v) is 2.40. The fourth-order valence-electron chi connectivity index (χ4n) is 2.40. The maximum Gasteiger partial charge on any atom is 0.422 e. The highest BCUT2D eigenvalue weighted by molar-refractivity contribution is 5.92. The molecule has 1 aromatic carbocycles. The van der Waals surface area contributed by atoms with Crippen LogP contribution in [0, 0.1) is 5.92 Å². The van der Waals surface area contributed by atoms with E-state index in [1.807, 2.05) is 0 Å². The first kappa shape index (κ1) is 16.6. The Morgan fingerprint density at radius 2 is 1.95 bits per heavy atom. The maximum atomic E-state index is 12.2. The van der Waals surface area contributed by atoms with Gasteiger partial charge >= 0.3 is 6.18 Å². The van der Waals surface area contributed by atoms with Gasteiger partial charge in [-0.05, 0) is 44.0 Å². The van der Waals surface area contributed by atoms with Gasteiger partial charge in [0.2, 0.25) is 5.91 Å². The van der Waals surface area contributed by atoms with Crippen molar-refractivity contribution in [3.8, 4) is 5.75 Å². The number of hydrogen-bond donors (Lipinski definition) is 2. The molecule has 1 aliphatic rings. The van der Waals surface area contributed by atoms with E-state index >= 15 is 0 Å². The Bertz CT molecular complexity index is 500. The number of hydrogen-bond acceptors (Lipinski definition) is 3. The third-order valence-corrected chi connectivity index (χ3v) is 3.49. The van der Waals surface area contributed by atoms with Crippen LogP contribution in [0.25, 0.3) is 0 Å². The van der Waals surface area contributed by atoms with E-state index in [0.29, 0.717) is 12.3 Å². The highest BCUT2D eigenvalue weighted by Crippen LogP contribution is 2.27. The summed E-state index contributed by atoms with van der Waals surface area (Å²) in [5.74, 6) is 0.137. The molecule has 1 amide bonds. The second-order valence-corrected chi connectivity index (χ2v) is 5.35. The molecule has 0 unspecified atom stereocenters. The molecule has 122 valence electrons.